The second-order valence-corrected chi connectivity index (χ2v) is 6.21. The number of benzene rings is 1. The number of amides is 1. The van der Waals surface area contributed by atoms with Crippen LogP contribution in [-0.4, -0.2) is 15.9 Å². The predicted octanol–water partition coefficient (Wildman–Crippen LogP) is 3.30. The molecule has 0 spiro atoms. The largest absolute Gasteiger partial charge is 0.389 e. The minimum atomic E-state index is -0.224. The molecule has 0 bridgehead atoms. The number of nitrogens with two attached hydrogens (primary N) is 1. The molecule has 1 heterocycles. The van der Waals surface area contributed by atoms with Crippen molar-refractivity contribution in [2.24, 2.45) is 5.73 Å². The van der Waals surface area contributed by atoms with Crippen LogP contribution in [0.25, 0.3) is 0 Å². The lowest BCUT2D eigenvalue weighted by Gasteiger charge is -2.08. The molecule has 20 heavy (non-hydrogen) atoms. The minimum Gasteiger partial charge on any atom is -0.389 e. The Morgan fingerprint density at radius 1 is 1.45 bits per heavy atom. The summed E-state index contributed by atoms with van der Waals surface area (Å²) in [6, 6.07) is 5.02. The van der Waals surface area contributed by atoms with Gasteiger partial charge in [-0.3, -0.25) is 4.79 Å². The molecule has 1 amide bonds. The van der Waals surface area contributed by atoms with Crippen LogP contribution in [0.3, 0.4) is 0 Å². The van der Waals surface area contributed by atoms with E-state index in [9.17, 15) is 4.79 Å². The molecule has 0 atom stereocenters. The van der Waals surface area contributed by atoms with Crippen LogP contribution in [0.15, 0.2) is 18.2 Å². The molecule has 2 aromatic rings. The predicted molar refractivity (Wildman–Crippen MR) is 86.9 cm³/mol. The number of rotatable bonds is 3. The van der Waals surface area contributed by atoms with E-state index < -0.39 is 0 Å². The molecule has 0 radical (unpaired) electrons. The van der Waals surface area contributed by atoms with Crippen molar-refractivity contribution in [2.45, 2.75) is 13.8 Å². The quantitative estimate of drug-likeness (QED) is 0.850. The van der Waals surface area contributed by atoms with Crippen molar-refractivity contribution in [1.82, 2.24) is 4.98 Å². The fraction of sp³-hybridized carbons (Fsp3) is 0.154. The average Bonchev–Trinajstić information content (AvgIpc) is 2.70. The van der Waals surface area contributed by atoms with E-state index in [1.807, 2.05) is 6.92 Å². The van der Waals surface area contributed by atoms with Gasteiger partial charge in [0.2, 0.25) is 0 Å². The molecule has 2 rings (SSSR count). The molecule has 1 aromatic carbocycles. The first-order valence-electron chi connectivity index (χ1n) is 5.73. The van der Waals surface area contributed by atoms with Gasteiger partial charge in [-0.25, -0.2) is 4.98 Å². The van der Waals surface area contributed by atoms with Gasteiger partial charge in [0, 0.05) is 5.56 Å². The van der Waals surface area contributed by atoms with E-state index in [1.54, 1.807) is 25.1 Å². The van der Waals surface area contributed by atoms with Crippen LogP contribution >= 0.6 is 35.2 Å². The molecule has 0 saturated heterocycles. The second kappa shape index (κ2) is 5.87. The summed E-state index contributed by atoms with van der Waals surface area (Å²) in [5, 5.41) is 4.00. The molecule has 3 N–H and O–H groups in total. The number of nitrogens with zero attached hydrogens (tertiary/aromatic N) is 1. The minimum absolute atomic E-state index is 0.224. The zero-order valence-corrected chi connectivity index (χ0v) is 13.2. The number of anilines is 1. The van der Waals surface area contributed by atoms with Crippen molar-refractivity contribution < 1.29 is 4.79 Å². The third-order valence-corrected chi connectivity index (χ3v) is 4.23. The number of hydrogen-bond donors (Lipinski definition) is 2. The number of aromatic nitrogens is 1. The Bertz CT molecular complexity index is 697. The third-order valence-electron chi connectivity index (χ3n) is 2.61. The van der Waals surface area contributed by atoms with E-state index in [1.165, 1.54) is 11.3 Å². The van der Waals surface area contributed by atoms with Gasteiger partial charge in [-0.1, -0.05) is 23.8 Å². The molecule has 7 heteroatoms. The number of aryl methyl sites for hydroxylation is 2. The Morgan fingerprint density at radius 2 is 2.15 bits per heavy atom. The smallest absolute Gasteiger partial charge is 0.267 e. The topological polar surface area (TPSA) is 68.0 Å². The SMILES string of the molecule is Cc1nc(C)c(C(=O)Nc2ccc(C(N)=S)cc2Cl)s1. The highest BCUT2D eigenvalue weighted by Crippen LogP contribution is 2.25. The molecule has 1 aromatic heterocycles. The monoisotopic (exact) mass is 325 g/mol. The summed E-state index contributed by atoms with van der Waals surface area (Å²) in [4.78, 5) is 17.2. The standard InChI is InChI=1S/C13H12ClN3OS2/c1-6-11(20-7(2)16-6)13(18)17-10-4-3-8(12(15)19)5-9(10)14/h3-5H,1-2H3,(H2,15,19)(H,17,18). The zero-order chi connectivity index (χ0) is 14.9. The van der Waals surface area contributed by atoms with Crippen LogP contribution < -0.4 is 11.1 Å². The van der Waals surface area contributed by atoms with Gasteiger partial charge in [0.1, 0.15) is 9.87 Å². The van der Waals surface area contributed by atoms with Gasteiger partial charge in [0.05, 0.1) is 21.4 Å². The number of carbonyl (C=O) groups is 1. The number of carbonyl (C=O) groups excluding carboxylic acids is 1. The normalized spacial score (nSPS) is 10.3. The number of halogens is 1. The summed E-state index contributed by atoms with van der Waals surface area (Å²) in [6.07, 6.45) is 0. The van der Waals surface area contributed by atoms with Gasteiger partial charge in [0.25, 0.3) is 5.91 Å². The van der Waals surface area contributed by atoms with Crippen LogP contribution in [0.2, 0.25) is 5.02 Å². The van der Waals surface area contributed by atoms with Crippen LogP contribution in [-0.2, 0) is 0 Å². The Morgan fingerprint density at radius 3 is 2.65 bits per heavy atom. The van der Waals surface area contributed by atoms with E-state index in [2.05, 4.69) is 10.3 Å². The summed E-state index contributed by atoms with van der Waals surface area (Å²) in [6.45, 7) is 3.66. The van der Waals surface area contributed by atoms with E-state index in [-0.39, 0.29) is 10.9 Å². The van der Waals surface area contributed by atoms with Crippen molar-refractivity contribution in [3.8, 4) is 0 Å². The lowest BCUT2D eigenvalue weighted by Crippen LogP contribution is -2.13. The molecule has 0 aliphatic rings. The molecule has 0 saturated carbocycles. The molecular formula is C13H12ClN3OS2. The van der Waals surface area contributed by atoms with Crippen LogP contribution in [0.1, 0.15) is 25.9 Å². The maximum atomic E-state index is 12.2. The molecular weight excluding hydrogens is 314 g/mol. The molecule has 0 aliphatic carbocycles. The second-order valence-electron chi connectivity index (χ2n) is 4.16. The van der Waals surface area contributed by atoms with Crippen molar-refractivity contribution in [3.63, 3.8) is 0 Å². The maximum absolute atomic E-state index is 12.2. The van der Waals surface area contributed by atoms with Gasteiger partial charge in [-0.05, 0) is 32.0 Å². The lowest BCUT2D eigenvalue weighted by molar-refractivity contribution is 0.103. The van der Waals surface area contributed by atoms with Crippen molar-refractivity contribution in [3.05, 3.63) is 44.4 Å². The number of thiazole rings is 1. The molecule has 104 valence electrons. The first-order chi connectivity index (χ1) is 9.38. The number of hydrogen-bond acceptors (Lipinski definition) is 4. The fourth-order valence-corrected chi connectivity index (χ4v) is 2.86. The highest BCUT2D eigenvalue weighted by molar-refractivity contribution is 7.80. The van der Waals surface area contributed by atoms with Crippen LogP contribution in [0, 0.1) is 13.8 Å². The zero-order valence-electron chi connectivity index (χ0n) is 10.9. The number of thiocarbonyl (C=S) groups is 1. The van der Waals surface area contributed by atoms with Gasteiger partial charge in [-0.2, -0.15) is 0 Å². The lowest BCUT2D eigenvalue weighted by atomic mass is 10.2. The highest BCUT2D eigenvalue weighted by Gasteiger charge is 2.15. The summed E-state index contributed by atoms with van der Waals surface area (Å²) in [5.74, 6) is -0.224. The third kappa shape index (κ3) is 3.15. The molecule has 4 nitrogen and oxygen atoms in total. The Kier molecular flexibility index (Phi) is 4.37. The Balaban J connectivity index is 2.24. The van der Waals surface area contributed by atoms with Gasteiger partial charge in [-0.15, -0.1) is 11.3 Å². The highest BCUT2D eigenvalue weighted by atomic mass is 35.5. The summed E-state index contributed by atoms with van der Waals surface area (Å²) >= 11 is 12.3. The van der Waals surface area contributed by atoms with E-state index in [0.29, 0.717) is 26.8 Å². The van der Waals surface area contributed by atoms with Gasteiger partial charge in [0.15, 0.2) is 0 Å². The van der Waals surface area contributed by atoms with Crippen molar-refractivity contribution >= 4 is 51.7 Å². The summed E-state index contributed by atoms with van der Waals surface area (Å²) in [7, 11) is 0. The first-order valence-corrected chi connectivity index (χ1v) is 7.33. The first kappa shape index (κ1) is 14.9. The number of nitrogens with one attached hydrogen (secondary N) is 1. The van der Waals surface area contributed by atoms with Crippen molar-refractivity contribution in [1.29, 1.82) is 0 Å². The Hall–Kier alpha value is -1.50. The average molecular weight is 326 g/mol. The van der Waals surface area contributed by atoms with Crippen LogP contribution in [0.4, 0.5) is 5.69 Å². The van der Waals surface area contributed by atoms with E-state index in [0.717, 1.165) is 5.01 Å². The molecule has 0 unspecified atom stereocenters. The summed E-state index contributed by atoms with van der Waals surface area (Å²) in [5.41, 5.74) is 7.41. The summed E-state index contributed by atoms with van der Waals surface area (Å²) < 4.78 is 0. The van der Waals surface area contributed by atoms with Gasteiger partial charge < -0.3 is 11.1 Å². The van der Waals surface area contributed by atoms with Crippen molar-refractivity contribution in [2.75, 3.05) is 5.32 Å². The van der Waals surface area contributed by atoms with E-state index >= 15 is 0 Å². The van der Waals surface area contributed by atoms with Crippen LogP contribution in [0.5, 0.6) is 0 Å². The maximum Gasteiger partial charge on any atom is 0.267 e. The van der Waals surface area contributed by atoms with E-state index in [4.69, 9.17) is 29.6 Å². The van der Waals surface area contributed by atoms with Gasteiger partial charge >= 0.3 is 0 Å². The molecule has 0 aliphatic heterocycles. The fourth-order valence-electron chi connectivity index (χ4n) is 1.69. The molecule has 0 fully saturated rings. The Labute approximate surface area is 131 Å².